The van der Waals surface area contributed by atoms with Crippen molar-refractivity contribution in [3.8, 4) is 5.69 Å². The summed E-state index contributed by atoms with van der Waals surface area (Å²) in [5.41, 5.74) is 3.51. The fourth-order valence-electron chi connectivity index (χ4n) is 3.61. The summed E-state index contributed by atoms with van der Waals surface area (Å²) in [5, 5.41) is 8.56. The van der Waals surface area contributed by atoms with Gasteiger partial charge in [-0.3, -0.25) is 4.79 Å². The quantitative estimate of drug-likeness (QED) is 0.836. The number of carbonyl (C=O) groups excluding carboxylic acids is 1. The molecule has 0 bridgehead atoms. The molecule has 1 saturated carbocycles. The van der Waals surface area contributed by atoms with Crippen molar-refractivity contribution >= 4 is 17.5 Å². The van der Waals surface area contributed by atoms with E-state index in [-0.39, 0.29) is 12.0 Å². The lowest BCUT2D eigenvalue weighted by molar-refractivity contribution is 0.0856. The molecule has 2 aromatic rings. The van der Waals surface area contributed by atoms with Crippen molar-refractivity contribution in [3.05, 3.63) is 46.2 Å². The lowest BCUT2D eigenvalue weighted by Gasteiger charge is -2.12. The Bertz CT molecular complexity index is 807. The van der Waals surface area contributed by atoms with E-state index in [1.54, 1.807) is 0 Å². The molecule has 6 heteroatoms. The smallest absolute Gasteiger partial charge is 0.255 e. The minimum absolute atomic E-state index is 0.0347. The Hall–Kier alpha value is -1.85. The van der Waals surface area contributed by atoms with Crippen LogP contribution < -0.4 is 5.32 Å². The first-order valence-corrected chi connectivity index (χ1v) is 9.82. The lowest BCUT2D eigenvalue weighted by Crippen LogP contribution is -2.32. The van der Waals surface area contributed by atoms with Gasteiger partial charge in [0, 0.05) is 24.1 Å². The molecule has 1 aliphatic heterocycles. The zero-order chi connectivity index (χ0) is 18.1. The normalized spacial score (nSPS) is 19.7. The molecule has 1 saturated heterocycles. The molecule has 1 amide bonds. The molecular weight excluding hydrogens is 350 g/mol. The third-order valence-electron chi connectivity index (χ3n) is 5.10. The molecule has 2 fully saturated rings. The van der Waals surface area contributed by atoms with Crippen LogP contribution in [0.15, 0.2) is 24.3 Å². The molecule has 1 N–H and O–H groups in total. The van der Waals surface area contributed by atoms with Crippen LogP contribution in [0.25, 0.3) is 5.69 Å². The summed E-state index contributed by atoms with van der Waals surface area (Å²) in [5.74, 6) is 0.358. The molecule has 4 rings (SSSR count). The average molecular weight is 374 g/mol. The molecule has 0 radical (unpaired) electrons. The second-order valence-corrected chi connectivity index (χ2v) is 7.51. The molecule has 2 aliphatic rings. The molecular formula is C20H24ClN3O2. The highest BCUT2D eigenvalue weighted by molar-refractivity contribution is 6.30. The first-order chi connectivity index (χ1) is 12.7. The van der Waals surface area contributed by atoms with Gasteiger partial charge in [-0.2, -0.15) is 5.10 Å². The topological polar surface area (TPSA) is 56.1 Å². The van der Waals surface area contributed by atoms with E-state index in [2.05, 4.69) is 12.2 Å². The van der Waals surface area contributed by atoms with Crippen molar-refractivity contribution in [1.82, 2.24) is 15.1 Å². The number of benzene rings is 1. The van der Waals surface area contributed by atoms with E-state index in [4.69, 9.17) is 21.4 Å². The van der Waals surface area contributed by atoms with Crippen LogP contribution in [0.5, 0.6) is 0 Å². The Balaban J connectivity index is 1.67. The van der Waals surface area contributed by atoms with Crippen LogP contribution >= 0.6 is 11.6 Å². The van der Waals surface area contributed by atoms with Gasteiger partial charge in [-0.15, -0.1) is 0 Å². The Morgan fingerprint density at radius 2 is 2.23 bits per heavy atom. The third-order valence-corrected chi connectivity index (χ3v) is 5.34. The van der Waals surface area contributed by atoms with Crippen LogP contribution in [0.3, 0.4) is 0 Å². The van der Waals surface area contributed by atoms with Gasteiger partial charge in [0.05, 0.1) is 28.7 Å². The first-order valence-electron chi connectivity index (χ1n) is 9.45. The Morgan fingerprint density at radius 3 is 2.88 bits per heavy atom. The van der Waals surface area contributed by atoms with E-state index in [0.717, 1.165) is 61.3 Å². The van der Waals surface area contributed by atoms with Crippen LogP contribution in [-0.4, -0.2) is 34.9 Å². The highest BCUT2D eigenvalue weighted by Gasteiger charge is 2.34. The van der Waals surface area contributed by atoms with Crippen LogP contribution in [0.4, 0.5) is 0 Å². The maximum absolute atomic E-state index is 13.0. The average Bonchev–Trinajstić information content (AvgIpc) is 3.21. The standard InChI is InChI=1S/C20H24ClN3O2/c1-2-17-18(20(25)22-12-16-7-4-10-26-16)19(13-8-9-13)23-24(17)15-6-3-5-14(21)11-15/h3,5-6,11,13,16H,2,4,7-10,12H2,1H3,(H,22,25)/t16-/m1/s1. The number of nitrogens with zero attached hydrogens (tertiary/aromatic N) is 2. The van der Waals surface area contributed by atoms with Crippen LogP contribution in [0.1, 0.15) is 60.3 Å². The summed E-state index contributed by atoms with van der Waals surface area (Å²) in [6.45, 7) is 3.42. The van der Waals surface area contributed by atoms with Crippen LogP contribution in [-0.2, 0) is 11.2 Å². The largest absolute Gasteiger partial charge is 0.376 e. The molecule has 138 valence electrons. The van der Waals surface area contributed by atoms with Gasteiger partial charge in [0.15, 0.2) is 0 Å². The summed E-state index contributed by atoms with van der Waals surface area (Å²) >= 11 is 6.16. The predicted molar refractivity (Wildman–Crippen MR) is 101 cm³/mol. The summed E-state index contributed by atoms with van der Waals surface area (Å²) < 4.78 is 7.51. The van der Waals surface area contributed by atoms with Crippen molar-refractivity contribution in [2.75, 3.05) is 13.2 Å². The number of hydrogen-bond donors (Lipinski definition) is 1. The molecule has 1 aromatic heterocycles. The minimum Gasteiger partial charge on any atom is -0.376 e. The third kappa shape index (κ3) is 3.51. The van der Waals surface area contributed by atoms with Crippen molar-refractivity contribution in [1.29, 1.82) is 0 Å². The van der Waals surface area contributed by atoms with Crippen molar-refractivity contribution in [2.45, 2.75) is 51.0 Å². The van der Waals surface area contributed by atoms with Gasteiger partial charge in [-0.1, -0.05) is 24.6 Å². The number of carbonyl (C=O) groups is 1. The summed E-state index contributed by atoms with van der Waals surface area (Å²) in [7, 11) is 0. The van der Waals surface area contributed by atoms with E-state index in [1.807, 2.05) is 28.9 Å². The van der Waals surface area contributed by atoms with Gasteiger partial charge in [-0.05, 0) is 50.3 Å². The van der Waals surface area contributed by atoms with Gasteiger partial charge in [0.1, 0.15) is 0 Å². The van der Waals surface area contributed by atoms with E-state index in [9.17, 15) is 4.79 Å². The number of rotatable bonds is 6. The first kappa shape index (κ1) is 17.6. The Kier molecular flexibility index (Phi) is 5.00. The molecule has 1 aliphatic carbocycles. The summed E-state index contributed by atoms with van der Waals surface area (Å²) in [4.78, 5) is 13.0. The SMILES string of the molecule is CCc1c(C(=O)NC[C@H]2CCCO2)c(C2CC2)nn1-c1cccc(Cl)c1. The number of ether oxygens (including phenoxy) is 1. The van der Waals surface area contributed by atoms with E-state index < -0.39 is 0 Å². The molecule has 1 aromatic carbocycles. The maximum atomic E-state index is 13.0. The molecule has 1 atom stereocenters. The molecule has 5 nitrogen and oxygen atoms in total. The van der Waals surface area contributed by atoms with Crippen molar-refractivity contribution < 1.29 is 9.53 Å². The van der Waals surface area contributed by atoms with E-state index >= 15 is 0 Å². The second-order valence-electron chi connectivity index (χ2n) is 7.07. The molecule has 0 spiro atoms. The fraction of sp³-hybridized carbons (Fsp3) is 0.500. The second kappa shape index (κ2) is 7.41. The molecule has 0 unspecified atom stereocenters. The number of amides is 1. The number of hydrogen-bond acceptors (Lipinski definition) is 3. The van der Waals surface area contributed by atoms with E-state index in [1.165, 1.54) is 0 Å². The highest BCUT2D eigenvalue weighted by atomic mass is 35.5. The number of halogens is 1. The predicted octanol–water partition coefficient (Wildman–Crippen LogP) is 3.87. The summed E-state index contributed by atoms with van der Waals surface area (Å²) in [6.07, 6.45) is 5.15. The van der Waals surface area contributed by atoms with Crippen molar-refractivity contribution in [2.24, 2.45) is 0 Å². The number of nitrogens with one attached hydrogen (secondary N) is 1. The highest BCUT2D eigenvalue weighted by Crippen LogP contribution is 2.42. The van der Waals surface area contributed by atoms with Gasteiger partial charge in [0.25, 0.3) is 5.91 Å². The minimum atomic E-state index is -0.0347. The lowest BCUT2D eigenvalue weighted by atomic mass is 10.1. The maximum Gasteiger partial charge on any atom is 0.255 e. The molecule has 26 heavy (non-hydrogen) atoms. The van der Waals surface area contributed by atoms with Gasteiger partial charge in [-0.25, -0.2) is 4.68 Å². The zero-order valence-corrected chi connectivity index (χ0v) is 15.8. The van der Waals surface area contributed by atoms with Crippen molar-refractivity contribution in [3.63, 3.8) is 0 Å². The Labute approximate surface area is 158 Å². The Morgan fingerprint density at radius 1 is 1.38 bits per heavy atom. The summed E-state index contributed by atoms with van der Waals surface area (Å²) in [6, 6.07) is 7.62. The molecule has 2 heterocycles. The zero-order valence-electron chi connectivity index (χ0n) is 15.0. The van der Waals surface area contributed by atoms with Crippen LogP contribution in [0.2, 0.25) is 5.02 Å². The van der Waals surface area contributed by atoms with Gasteiger partial charge in [0.2, 0.25) is 0 Å². The van der Waals surface area contributed by atoms with E-state index in [0.29, 0.717) is 17.5 Å². The van der Waals surface area contributed by atoms with Crippen LogP contribution in [0, 0.1) is 0 Å². The van der Waals surface area contributed by atoms with Gasteiger partial charge < -0.3 is 10.1 Å². The monoisotopic (exact) mass is 373 g/mol. The van der Waals surface area contributed by atoms with Gasteiger partial charge >= 0.3 is 0 Å². The fourth-order valence-corrected chi connectivity index (χ4v) is 3.79. The number of aromatic nitrogens is 2.